The van der Waals surface area contributed by atoms with Crippen LogP contribution < -0.4 is 0 Å². The van der Waals surface area contributed by atoms with Crippen molar-refractivity contribution in [1.29, 1.82) is 0 Å². The van der Waals surface area contributed by atoms with Crippen molar-refractivity contribution in [3.8, 4) is 0 Å². The Morgan fingerprint density at radius 2 is 1.76 bits per heavy atom. The molecule has 17 heavy (non-hydrogen) atoms. The highest BCUT2D eigenvalue weighted by Gasteiger charge is 2.28. The van der Waals surface area contributed by atoms with Gasteiger partial charge in [-0.25, -0.2) is 0 Å². The van der Waals surface area contributed by atoms with Crippen LogP contribution in [0.5, 0.6) is 0 Å². The van der Waals surface area contributed by atoms with Gasteiger partial charge >= 0.3 is 0 Å². The number of hydrogen-bond donors (Lipinski definition) is 1. The summed E-state index contributed by atoms with van der Waals surface area (Å²) in [6, 6.07) is 0.466. The summed E-state index contributed by atoms with van der Waals surface area (Å²) in [6.45, 7) is 4.76. The molecular weight excluding hydrogens is 210 g/mol. The van der Waals surface area contributed by atoms with Gasteiger partial charge in [0.25, 0.3) is 0 Å². The Hall–Kier alpha value is -0.0800. The molecule has 0 spiro atoms. The Bertz CT molecular complexity index is 219. The molecule has 1 heterocycles. The Kier molecular flexibility index (Phi) is 5.30. The normalized spacial score (nSPS) is 37.4. The monoisotopic (exact) mass is 239 g/mol. The topological polar surface area (TPSA) is 23.5 Å². The molecule has 1 aliphatic heterocycles. The minimum atomic E-state index is -0.0596. The number of nitrogens with zero attached hydrogens (tertiary/aromatic N) is 1. The van der Waals surface area contributed by atoms with Crippen LogP contribution in [0, 0.1) is 5.92 Å². The maximum atomic E-state index is 10.3. The van der Waals surface area contributed by atoms with Crippen LogP contribution in [0.1, 0.15) is 64.7 Å². The van der Waals surface area contributed by atoms with Gasteiger partial charge in [0.2, 0.25) is 0 Å². The van der Waals surface area contributed by atoms with E-state index in [1.54, 1.807) is 0 Å². The number of hydrogen-bond acceptors (Lipinski definition) is 2. The second kappa shape index (κ2) is 6.75. The van der Waals surface area contributed by atoms with Crippen molar-refractivity contribution in [2.75, 3.05) is 13.1 Å². The van der Waals surface area contributed by atoms with E-state index in [1.165, 1.54) is 64.5 Å². The van der Waals surface area contributed by atoms with E-state index >= 15 is 0 Å². The molecule has 0 aromatic heterocycles. The molecule has 0 amide bonds. The molecule has 2 rings (SSSR count). The minimum Gasteiger partial charge on any atom is -0.391 e. The summed E-state index contributed by atoms with van der Waals surface area (Å²) in [5, 5.41) is 10.3. The van der Waals surface area contributed by atoms with Crippen molar-refractivity contribution >= 4 is 0 Å². The maximum Gasteiger partial charge on any atom is 0.0695 e. The lowest BCUT2D eigenvalue weighted by molar-refractivity contribution is 0.0452. The molecule has 2 heteroatoms. The summed E-state index contributed by atoms with van der Waals surface area (Å²) < 4.78 is 0. The Labute approximate surface area is 106 Å². The summed E-state index contributed by atoms with van der Waals surface area (Å²) in [5.41, 5.74) is 0. The molecule has 0 bridgehead atoms. The second-order valence-electron chi connectivity index (χ2n) is 6.01. The predicted molar refractivity (Wildman–Crippen MR) is 72.1 cm³/mol. The molecule has 2 fully saturated rings. The van der Waals surface area contributed by atoms with Crippen LogP contribution in [0.3, 0.4) is 0 Å². The van der Waals surface area contributed by atoms with Crippen LogP contribution in [0.2, 0.25) is 0 Å². The molecule has 0 radical (unpaired) electrons. The van der Waals surface area contributed by atoms with Gasteiger partial charge < -0.3 is 5.11 Å². The van der Waals surface area contributed by atoms with E-state index in [-0.39, 0.29) is 6.10 Å². The summed E-state index contributed by atoms with van der Waals surface area (Å²) in [7, 11) is 0. The Morgan fingerprint density at radius 3 is 2.59 bits per heavy atom. The van der Waals surface area contributed by atoms with Gasteiger partial charge in [-0.15, -0.1) is 0 Å². The van der Waals surface area contributed by atoms with Crippen LogP contribution in [0.15, 0.2) is 0 Å². The molecule has 1 saturated heterocycles. The smallest absolute Gasteiger partial charge is 0.0695 e. The van der Waals surface area contributed by atoms with Crippen LogP contribution in [0.25, 0.3) is 0 Å². The molecule has 3 unspecified atom stereocenters. The largest absolute Gasteiger partial charge is 0.391 e. The van der Waals surface area contributed by atoms with Gasteiger partial charge in [0.15, 0.2) is 0 Å². The van der Waals surface area contributed by atoms with Crippen LogP contribution in [0.4, 0.5) is 0 Å². The van der Waals surface area contributed by atoms with Crippen molar-refractivity contribution in [3.63, 3.8) is 0 Å². The quantitative estimate of drug-likeness (QED) is 0.748. The highest BCUT2D eigenvalue weighted by molar-refractivity contribution is 4.83. The molecule has 2 nitrogen and oxygen atoms in total. The van der Waals surface area contributed by atoms with Crippen molar-refractivity contribution in [2.45, 2.75) is 76.9 Å². The predicted octanol–water partition coefficient (Wildman–Crippen LogP) is 3.19. The van der Waals surface area contributed by atoms with E-state index in [9.17, 15) is 5.11 Å². The first-order chi connectivity index (χ1) is 8.31. The van der Waals surface area contributed by atoms with Crippen LogP contribution >= 0.6 is 0 Å². The third-order valence-electron chi connectivity index (χ3n) is 4.87. The fourth-order valence-electron chi connectivity index (χ4n) is 3.62. The SMILES string of the molecule is CCC1CCCN(C2CCCCCC2O)CC1. The van der Waals surface area contributed by atoms with Crippen molar-refractivity contribution in [2.24, 2.45) is 5.92 Å². The fourth-order valence-corrected chi connectivity index (χ4v) is 3.62. The van der Waals surface area contributed by atoms with Crippen LogP contribution in [-0.4, -0.2) is 35.2 Å². The maximum absolute atomic E-state index is 10.3. The molecule has 1 saturated carbocycles. The minimum absolute atomic E-state index is 0.0596. The van der Waals surface area contributed by atoms with Crippen molar-refractivity contribution in [1.82, 2.24) is 4.90 Å². The third-order valence-corrected chi connectivity index (χ3v) is 4.87. The summed E-state index contributed by atoms with van der Waals surface area (Å²) >= 11 is 0. The molecule has 3 atom stereocenters. The number of likely N-dealkylation sites (tertiary alicyclic amines) is 1. The molecule has 0 aromatic carbocycles. The highest BCUT2D eigenvalue weighted by atomic mass is 16.3. The molecular formula is C15H29NO. The van der Waals surface area contributed by atoms with Gasteiger partial charge in [0, 0.05) is 6.04 Å². The third kappa shape index (κ3) is 3.69. The van der Waals surface area contributed by atoms with E-state index in [0.29, 0.717) is 6.04 Å². The lowest BCUT2D eigenvalue weighted by Gasteiger charge is -2.33. The zero-order valence-electron chi connectivity index (χ0n) is 11.4. The van der Waals surface area contributed by atoms with Gasteiger partial charge in [-0.2, -0.15) is 0 Å². The van der Waals surface area contributed by atoms with E-state index in [1.807, 2.05) is 0 Å². The Morgan fingerprint density at radius 1 is 0.941 bits per heavy atom. The molecule has 0 aromatic rings. The average Bonchev–Trinajstić information content (AvgIpc) is 2.68. The van der Waals surface area contributed by atoms with Crippen molar-refractivity contribution in [3.05, 3.63) is 0 Å². The van der Waals surface area contributed by atoms with Gasteiger partial charge in [0.05, 0.1) is 6.10 Å². The number of aliphatic hydroxyl groups is 1. The van der Waals surface area contributed by atoms with E-state index in [2.05, 4.69) is 11.8 Å². The first kappa shape index (κ1) is 13.4. The Balaban J connectivity index is 1.91. The fraction of sp³-hybridized carbons (Fsp3) is 1.00. The molecule has 1 N–H and O–H groups in total. The first-order valence-corrected chi connectivity index (χ1v) is 7.73. The van der Waals surface area contributed by atoms with Gasteiger partial charge in [-0.3, -0.25) is 4.90 Å². The van der Waals surface area contributed by atoms with Gasteiger partial charge in [0.1, 0.15) is 0 Å². The highest BCUT2D eigenvalue weighted by Crippen LogP contribution is 2.27. The molecule has 100 valence electrons. The lowest BCUT2D eigenvalue weighted by atomic mass is 9.98. The second-order valence-corrected chi connectivity index (χ2v) is 6.01. The average molecular weight is 239 g/mol. The number of aliphatic hydroxyl groups excluding tert-OH is 1. The van der Waals surface area contributed by atoms with Gasteiger partial charge in [-0.1, -0.05) is 32.6 Å². The summed E-state index contributed by atoms with van der Waals surface area (Å²) in [5.74, 6) is 0.933. The zero-order valence-corrected chi connectivity index (χ0v) is 11.4. The van der Waals surface area contributed by atoms with E-state index in [0.717, 1.165) is 12.3 Å². The van der Waals surface area contributed by atoms with Crippen molar-refractivity contribution < 1.29 is 5.11 Å². The van der Waals surface area contributed by atoms with E-state index in [4.69, 9.17) is 0 Å². The zero-order chi connectivity index (χ0) is 12.1. The summed E-state index contributed by atoms with van der Waals surface area (Å²) in [4.78, 5) is 2.60. The molecule has 1 aliphatic carbocycles. The van der Waals surface area contributed by atoms with Gasteiger partial charge in [-0.05, 0) is 51.1 Å². The number of rotatable bonds is 2. The summed E-state index contributed by atoms with van der Waals surface area (Å²) in [6.07, 6.45) is 11.5. The first-order valence-electron chi connectivity index (χ1n) is 7.73. The standard InChI is InChI=1S/C15H29NO/c1-2-13-7-6-11-16(12-10-13)14-8-4-3-5-9-15(14)17/h13-15,17H,2-12H2,1H3. The van der Waals surface area contributed by atoms with Crippen LogP contribution in [-0.2, 0) is 0 Å². The molecule has 2 aliphatic rings. The lowest BCUT2D eigenvalue weighted by Crippen LogP contribution is -2.43. The van der Waals surface area contributed by atoms with E-state index < -0.39 is 0 Å².